The third-order valence-corrected chi connectivity index (χ3v) is 6.06. The predicted octanol–water partition coefficient (Wildman–Crippen LogP) is 3.80. The van der Waals surface area contributed by atoms with E-state index in [2.05, 4.69) is 4.98 Å². The summed E-state index contributed by atoms with van der Waals surface area (Å²) in [5.74, 6) is -1.54. The average Bonchev–Trinajstić information content (AvgIpc) is 3.47. The summed E-state index contributed by atoms with van der Waals surface area (Å²) in [5, 5.41) is 22.7. The van der Waals surface area contributed by atoms with E-state index in [0.29, 0.717) is 5.52 Å². The summed E-state index contributed by atoms with van der Waals surface area (Å²) in [6, 6.07) is 9.63. The monoisotopic (exact) mass is 483 g/mol. The van der Waals surface area contributed by atoms with Crippen molar-refractivity contribution in [3.05, 3.63) is 80.0 Å². The van der Waals surface area contributed by atoms with Crippen LogP contribution in [0.15, 0.2) is 48.7 Å². The van der Waals surface area contributed by atoms with E-state index in [0.717, 1.165) is 10.9 Å². The fourth-order valence-corrected chi connectivity index (χ4v) is 4.51. The Kier molecular flexibility index (Phi) is 5.50. The molecule has 0 bridgehead atoms. The number of nitrogens with one attached hydrogen (secondary N) is 1. The summed E-state index contributed by atoms with van der Waals surface area (Å²) in [7, 11) is 0. The predicted molar refractivity (Wildman–Crippen MR) is 120 cm³/mol. The Bertz CT molecular complexity index is 1320. The van der Waals surface area contributed by atoms with Gasteiger partial charge in [-0.2, -0.15) is 0 Å². The van der Waals surface area contributed by atoms with Crippen LogP contribution in [0.25, 0.3) is 10.9 Å². The van der Waals surface area contributed by atoms with E-state index in [1.54, 1.807) is 26.1 Å². The van der Waals surface area contributed by atoms with Crippen LogP contribution in [0.1, 0.15) is 35.9 Å². The van der Waals surface area contributed by atoms with Gasteiger partial charge in [0.1, 0.15) is 31.0 Å². The van der Waals surface area contributed by atoms with Gasteiger partial charge in [-0.25, -0.2) is 4.79 Å². The minimum Gasteiger partial charge on any atom is -0.459 e. The van der Waals surface area contributed by atoms with Crippen LogP contribution in [0.2, 0.25) is 0 Å². The Morgan fingerprint density at radius 1 is 1.03 bits per heavy atom. The van der Waals surface area contributed by atoms with Crippen molar-refractivity contribution in [1.82, 2.24) is 4.98 Å². The number of aromatic nitrogens is 1. The molecular formula is C23H21N3O9. The Balaban J connectivity index is 1.35. The van der Waals surface area contributed by atoms with Crippen molar-refractivity contribution in [3.8, 4) is 0 Å². The van der Waals surface area contributed by atoms with Gasteiger partial charge < -0.3 is 23.9 Å². The number of benzene rings is 2. The van der Waals surface area contributed by atoms with E-state index in [1.165, 1.54) is 36.4 Å². The lowest BCUT2D eigenvalue weighted by Gasteiger charge is -2.24. The molecule has 3 heterocycles. The molecule has 1 N–H and O–H groups in total. The van der Waals surface area contributed by atoms with Crippen LogP contribution in [-0.4, -0.2) is 51.5 Å². The van der Waals surface area contributed by atoms with E-state index >= 15 is 0 Å². The third kappa shape index (κ3) is 4.22. The molecule has 0 aliphatic carbocycles. The number of aromatic amines is 1. The number of carbonyl (C=O) groups excluding carboxylic acids is 1. The van der Waals surface area contributed by atoms with E-state index in [1.807, 2.05) is 0 Å². The molecule has 4 atom stereocenters. The molecule has 0 radical (unpaired) electrons. The fraction of sp³-hybridized carbons (Fsp3) is 0.348. The summed E-state index contributed by atoms with van der Waals surface area (Å²) in [4.78, 5) is 36.4. The molecule has 2 aliphatic heterocycles. The molecule has 182 valence electrons. The van der Waals surface area contributed by atoms with Crippen molar-refractivity contribution in [2.45, 2.75) is 44.1 Å². The van der Waals surface area contributed by atoms with Gasteiger partial charge >= 0.3 is 5.97 Å². The maximum atomic E-state index is 12.5. The highest BCUT2D eigenvalue weighted by molar-refractivity contribution is 5.89. The molecule has 2 aromatic carbocycles. The zero-order valence-corrected chi connectivity index (χ0v) is 18.7. The summed E-state index contributed by atoms with van der Waals surface area (Å²) < 4.78 is 23.8. The van der Waals surface area contributed by atoms with Crippen molar-refractivity contribution < 1.29 is 33.6 Å². The molecule has 0 amide bonds. The van der Waals surface area contributed by atoms with Gasteiger partial charge in [0, 0.05) is 41.4 Å². The van der Waals surface area contributed by atoms with Crippen LogP contribution in [0, 0.1) is 20.2 Å². The number of hydrogen-bond donors (Lipinski definition) is 1. The lowest BCUT2D eigenvalue weighted by molar-refractivity contribution is -0.385. The second kappa shape index (κ2) is 8.41. The minimum absolute atomic E-state index is 0.0336. The summed E-state index contributed by atoms with van der Waals surface area (Å²) in [6.45, 7) is 3.43. The number of fused-ring (bicyclic) bond motifs is 2. The Labute approximate surface area is 198 Å². The second-order valence-corrected chi connectivity index (χ2v) is 8.79. The van der Waals surface area contributed by atoms with Gasteiger partial charge in [-0.15, -0.1) is 0 Å². The second-order valence-electron chi connectivity index (χ2n) is 8.79. The van der Waals surface area contributed by atoms with Crippen molar-refractivity contribution in [2.24, 2.45) is 0 Å². The van der Waals surface area contributed by atoms with Crippen LogP contribution in [0.3, 0.4) is 0 Å². The number of ether oxygens (including phenoxy) is 4. The lowest BCUT2D eigenvalue weighted by atomic mass is 10.0. The topological polar surface area (TPSA) is 156 Å². The van der Waals surface area contributed by atoms with Crippen LogP contribution >= 0.6 is 0 Å². The first kappa shape index (κ1) is 22.9. The molecule has 12 nitrogen and oxygen atoms in total. The van der Waals surface area contributed by atoms with Crippen LogP contribution < -0.4 is 0 Å². The molecule has 35 heavy (non-hydrogen) atoms. The van der Waals surface area contributed by atoms with E-state index in [4.69, 9.17) is 18.9 Å². The van der Waals surface area contributed by atoms with Gasteiger partial charge in [0.15, 0.2) is 5.79 Å². The number of esters is 1. The highest BCUT2D eigenvalue weighted by atomic mass is 16.8. The van der Waals surface area contributed by atoms with Crippen LogP contribution in [-0.2, 0) is 18.9 Å². The molecule has 2 aliphatic rings. The number of rotatable bonds is 6. The third-order valence-electron chi connectivity index (χ3n) is 6.06. The average molecular weight is 483 g/mol. The Morgan fingerprint density at radius 3 is 2.37 bits per heavy atom. The first-order valence-electron chi connectivity index (χ1n) is 10.8. The standard InChI is InChI=1S/C23H21N3O9/c1-23(2)34-20-18(11-32-22(27)12-3-5-13(6-4-12)25(28)29)33-19(21(20)35-23)16-10-24-17-9-14(26(30)31)7-8-15(16)17/h3-10,18-21,24H,11H2,1-2H3/t18-,19+,20-,21+/m1/s1. The molecule has 12 heteroatoms. The lowest BCUT2D eigenvalue weighted by Crippen LogP contribution is -2.33. The minimum atomic E-state index is -0.886. The molecule has 3 aromatic rings. The molecule has 0 saturated carbocycles. The van der Waals surface area contributed by atoms with Crippen LogP contribution in [0.5, 0.6) is 0 Å². The quantitative estimate of drug-likeness (QED) is 0.313. The molecular weight excluding hydrogens is 462 g/mol. The van der Waals surface area contributed by atoms with Gasteiger partial charge in [-0.3, -0.25) is 20.2 Å². The number of nitro benzene ring substituents is 2. The largest absolute Gasteiger partial charge is 0.459 e. The Hall–Kier alpha value is -3.87. The van der Waals surface area contributed by atoms with E-state index < -0.39 is 46.0 Å². The molecule has 2 fully saturated rings. The van der Waals surface area contributed by atoms with Gasteiger partial charge in [-0.1, -0.05) is 0 Å². The smallest absolute Gasteiger partial charge is 0.338 e. The first-order chi connectivity index (χ1) is 16.6. The summed E-state index contributed by atoms with van der Waals surface area (Å²) in [6.07, 6.45) is -0.516. The van der Waals surface area contributed by atoms with Gasteiger partial charge in [-0.05, 0) is 32.0 Å². The van der Waals surface area contributed by atoms with Crippen LogP contribution in [0.4, 0.5) is 11.4 Å². The first-order valence-corrected chi connectivity index (χ1v) is 10.8. The number of H-pyrrole nitrogens is 1. The number of nitrogens with zero attached hydrogens (tertiary/aromatic N) is 2. The number of hydrogen-bond acceptors (Lipinski definition) is 9. The highest BCUT2D eigenvalue weighted by Crippen LogP contribution is 2.46. The van der Waals surface area contributed by atoms with Crippen molar-refractivity contribution in [1.29, 1.82) is 0 Å². The van der Waals surface area contributed by atoms with Gasteiger partial charge in [0.2, 0.25) is 0 Å². The van der Waals surface area contributed by atoms with E-state index in [9.17, 15) is 25.0 Å². The molecule has 0 spiro atoms. The summed E-state index contributed by atoms with van der Waals surface area (Å²) in [5.41, 5.74) is 1.34. The maximum absolute atomic E-state index is 12.5. The van der Waals surface area contributed by atoms with Crippen molar-refractivity contribution in [3.63, 3.8) is 0 Å². The fourth-order valence-electron chi connectivity index (χ4n) is 4.51. The molecule has 5 rings (SSSR count). The van der Waals surface area contributed by atoms with Gasteiger partial charge in [0.25, 0.3) is 11.4 Å². The number of non-ortho nitro benzene ring substituents is 2. The zero-order valence-electron chi connectivity index (χ0n) is 18.7. The molecule has 0 unspecified atom stereocenters. The molecule has 2 saturated heterocycles. The number of nitro groups is 2. The SMILES string of the molecule is CC1(C)O[C@@H]2[C@H](O1)[C@@H](COC(=O)c1ccc([N+](=O)[O-])cc1)O[C@H]2c1c[nH]c2cc([N+](=O)[O-])ccc12. The van der Waals surface area contributed by atoms with Crippen molar-refractivity contribution in [2.75, 3.05) is 6.61 Å². The Morgan fingerprint density at radius 2 is 1.69 bits per heavy atom. The zero-order chi connectivity index (χ0) is 24.9. The maximum Gasteiger partial charge on any atom is 0.338 e. The summed E-state index contributed by atoms with van der Waals surface area (Å²) >= 11 is 0. The van der Waals surface area contributed by atoms with Gasteiger partial charge in [0.05, 0.1) is 20.9 Å². The molecule has 1 aromatic heterocycles. The van der Waals surface area contributed by atoms with E-state index in [-0.39, 0.29) is 23.5 Å². The normalized spacial score (nSPS) is 24.9. The highest BCUT2D eigenvalue weighted by Gasteiger charge is 2.56. The number of carbonyl (C=O) groups is 1. The van der Waals surface area contributed by atoms with Crippen molar-refractivity contribution >= 4 is 28.2 Å².